The largest absolute Gasteiger partial charge is 0.338 e. The predicted octanol–water partition coefficient (Wildman–Crippen LogP) is 6.21. The molecule has 27 heavy (non-hydrogen) atoms. The van der Waals surface area contributed by atoms with Crippen LogP contribution in [-0.2, 0) is 6.42 Å². The number of para-hydroxylation sites is 1. The number of nitrogens with zero attached hydrogens (tertiary/aromatic N) is 2. The van der Waals surface area contributed by atoms with E-state index in [0.29, 0.717) is 6.04 Å². The summed E-state index contributed by atoms with van der Waals surface area (Å²) in [6, 6.07) is 20.3. The Bertz CT molecular complexity index is 729. The van der Waals surface area contributed by atoms with Gasteiger partial charge in [0.15, 0.2) is 0 Å². The smallest absolute Gasteiger partial charge is 0.0600 e. The zero-order chi connectivity index (χ0) is 19.1. The number of fused-ring (bicyclic) bond motifs is 1. The van der Waals surface area contributed by atoms with Crippen LogP contribution in [-0.4, -0.2) is 24.5 Å². The van der Waals surface area contributed by atoms with Gasteiger partial charge in [0.2, 0.25) is 0 Å². The number of rotatable bonds is 9. The molecule has 0 fully saturated rings. The van der Waals surface area contributed by atoms with Crippen LogP contribution in [0.4, 0.5) is 5.69 Å². The second-order valence-corrected chi connectivity index (χ2v) is 7.61. The van der Waals surface area contributed by atoms with Gasteiger partial charge in [-0.05, 0) is 62.9 Å². The first-order valence-corrected chi connectivity index (χ1v) is 10.6. The molecule has 2 aromatic carbocycles. The highest BCUT2D eigenvalue weighted by molar-refractivity contribution is 5.62. The first-order chi connectivity index (χ1) is 13.2. The molecular weight excluding hydrogens is 328 g/mol. The van der Waals surface area contributed by atoms with Crippen LogP contribution in [0.1, 0.15) is 57.2 Å². The Labute approximate surface area is 165 Å². The van der Waals surface area contributed by atoms with Crippen molar-refractivity contribution in [1.29, 1.82) is 0 Å². The van der Waals surface area contributed by atoms with Gasteiger partial charge in [-0.3, -0.25) is 0 Å². The molecule has 0 saturated heterocycles. The van der Waals surface area contributed by atoms with Crippen LogP contribution in [0, 0.1) is 0 Å². The van der Waals surface area contributed by atoms with Gasteiger partial charge >= 0.3 is 0 Å². The van der Waals surface area contributed by atoms with Crippen molar-refractivity contribution in [3.8, 4) is 0 Å². The van der Waals surface area contributed by atoms with Gasteiger partial charge in [0.05, 0.1) is 6.04 Å². The Balaban J connectivity index is 1.90. The van der Waals surface area contributed by atoms with E-state index in [1.165, 1.54) is 48.4 Å². The molecule has 0 aliphatic carbocycles. The lowest BCUT2D eigenvalue weighted by molar-refractivity contribution is 0.263. The van der Waals surface area contributed by atoms with Crippen molar-refractivity contribution in [3.63, 3.8) is 0 Å². The lowest BCUT2D eigenvalue weighted by Crippen LogP contribution is -2.34. The van der Waals surface area contributed by atoms with E-state index in [9.17, 15) is 0 Å². The zero-order valence-electron chi connectivity index (χ0n) is 17.2. The summed E-state index contributed by atoms with van der Waals surface area (Å²) in [5.74, 6) is 0. The van der Waals surface area contributed by atoms with Crippen molar-refractivity contribution in [2.24, 2.45) is 0 Å². The molecule has 0 aromatic heterocycles. The molecule has 0 spiro atoms. The van der Waals surface area contributed by atoms with E-state index in [1.54, 1.807) is 0 Å². The van der Waals surface area contributed by atoms with Crippen molar-refractivity contribution in [3.05, 3.63) is 77.5 Å². The minimum Gasteiger partial charge on any atom is -0.338 e. The van der Waals surface area contributed by atoms with E-state index < -0.39 is 0 Å². The lowest BCUT2D eigenvalue weighted by atomic mass is 9.95. The van der Waals surface area contributed by atoms with Gasteiger partial charge in [0.25, 0.3) is 0 Å². The second kappa shape index (κ2) is 9.75. The number of allylic oxidation sites excluding steroid dienone is 2. The third-order valence-electron chi connectivity index (χ3n) is 5.54. The molecule has 1 atom stereocenters. The van der Waals surface area contributed by atoms with Crippen LogP contribution in [0.5, 0.6) is 0 Å². The summed E-state index contributed by atoms with van der Waals surface area (Å²) in [5, 5.41) is 0. The van der Waals surface area contributed by atoms with Crippen molar-refractivity contribution in [1.82, 2.24) is 4.90 Å². The molecule has 1 unspecified atom stereocenters. The molecular formula is C25H34N2. The summed E-state index contributed by atoms with van der Waals surface area (Å²) in [6.07, 6.45) is 7.01. The summed E-state index contributed by atoms with van der Waals surface area (Å²) in [5.41, 5.74) is 5.60. The number of hydrogen-bond acceptors (Lipinski definition) is 2. The summed E-state index contributed by atoms with van der Waals surface area (Å²) < 4.78 is 0. The van der Waals surface area contributed by atoms with E-state index in [-0.39, 0.29) is 0 Å². The topological polar surface area (TPSA) is 6.48 Å². The maximum atomic E-state index is 2.63. The van der Waals surface area contributed by atoms with Crippen LogP contribution in [0.3, 0.4) is 0 Å². The highest BCUT2D eigenvalue weighted by Crippen LogP contribution is 2.38. The van der Waals surface area contributed by atoms with Gasteiger partial charge in [-0.15, -0.1) is 0 Å². The van der Waals surface area contributed by atoms with Gasteiger partial charge in [0.1, 0.15) is 0 Å². The van der Waals surface area contributed by atoms with Crippen molar-refractivity contribution < 1.29 is 0 Å². The van der Waals surface area contributed by atoms with Crippen molar-refractivity contribution >= 4 is 5.69 Å². The van der Waals surface area contributed by atoms with Gasteiger partial charge in [-0.1, -0.05) is 68.5 Å². The van der Waals surface area contributed by atoms with Gasteiger partial charge in [-0.2, -0.15) is 0 Å². The fraction of sp³-hybridized carbons (Fsp3) is 0.440. The first-order valence-electron chi connectivity index (χ1n) is 10.6. The summed E-state index contributed by atoms with van der Waals surface area (Å²) in [6.45, 7) is 10.4. The minimum absolute atomic E-state index is 0.375. The molecule has 0 bridgehead atoms. The third-order valence-corrected chi connectivity index (χ3v) is 5.54. The Morgan fingerprint density at radius 2 is 1.56 bits per heavy atom. The summed E-state index contributed by atoms with van der Waals surface area (Å²) in [7, 11) is 0. The lowest BCUT2D eigenvalue weighted by Gasteiger charge is -2.39. The average molecular weight is 363 g/mol. The van der Waals surface area contributed by atoms with Crippen LogP contribution in [0.15, 0.2) is 66.4 Å². The Morgan fingerprint density at radius 1 is 0.889 bits per heavy atom. The van der Waals surface area contributed by atoms with Crippen LogP contribution < -0.4 is 4.90 Å². The normalized spacial score (nSPS) is 14.8. The number of anilines is 1. The quantitative estimate of drug-likeness (QED) is 0.523. The average Bonchev–Trinajstić information content (AvgIpc) is 2.70. The van der Waals surface area contributed by atoms with E-state index in [0.717, 1.165) is 19.4 Å². The van der Waals surface area contributed by atoms with E-state index in [1.807, 2.05) is 0 Å². The van der Waals surface area contributed by atoms with Gasteiger partial charge in [-0.25, -0.2) is 0 Å². The van der Waals surface area contributed by atoms with E-state index in [2.05, 4.69) is 91.2 Å². The standard InChI is InChI=1S/C25H34N2/c1-4-18-26(19-5-2)20-17-25(22-11-7-6-8-12-22)27-21(3)15-16-23-13-9-10-14-24(23)27/h6-15,25H,4-5,16-20H2,1-3H3. The molecule has 1 aliphatic heterocycles. The fourth-order valence-corrected chi connectivity index (χ4v) is 4.27. The summed E-state index contributed by atoms with van der Waals surface area (Å²) >= 11 is 0. The van der Waals surface area contributed by atoms with Crippen LogP contribution in [0.25, 0.3) is 0 Å². The van der Waals surface area contributed by atoms with Gasteiger partial charge in [0, 0.05) is 17.9 Å². The van der Waals surface area contributed by atoms with E-state index in [4.69, 9.17) is 0 Å². The zero-order valence-corrected chi connectivity index (χ0v) is 17.2. The third kappa shape index (κ3) is 4.81. The van der Waals surface area contributed by atoms with Crippen LogP contribution >= 0.6 is 0 Å². The molecule has 2 nitrogen and oxygen atoms in total. The molecule has 1 aliphatic rings. The SMILES string of the molecule is CCCN(CCC)CCC(c1ccccc1)N1C(C)=CCc2ccccc21. The number of hydrogen-bond donors (Lipinski definition) is 0. The first kappa shape index (κ1) is 19.7. The molecule has 0 amide bonds. The Morgan fingerprint density at radius 3 is 2.26 bits per heavy atom. The molecule has 2 heteroatoms. The molecule has 3 rings (SSSR count). The predicted molar refractivity (Wildman–Crippen MR) is 117 cm³/mol. The minimum atomic E-state index is 0.375. The molecule has 0 N–H and O–H groups in total. The van der Waals surface area contributed by atoms with E-state index >= 15 is 0 Å². The Kier molecular flexibility index (Phi) is 7.11. The summed E-state index contributed by atoms with van der Waals surface area (Å²) in [4.78, 5) is 5.20. The fourth-order valence-electron chi connectivity index (χ4n) is 4.27. The maximum Gasteiger partial charge on any atom is 0.0600 e. The number of benzene rings is 2. The molecule has 144 valence electrons. The van der Waals surface area contributed by atoms with Crippen molar-refractivity contribution in [2.75, 3.05) is 24.5 Å². The Hall–Kier alpha value is -2.06. The molecule has 2 aromatic rings. The monoisotopic (exact) mass is 362 g/mol. The second-order valence-electron chi connectivity index (χ2n) is 7.61. The highest BCUT2D eigenvalue weighted by Gasteiger charge is 2.26. The maximum absolute atomic E-state index is 2.63. The van der Waals surface area contributed by atoms with Crippen LogP contribution in [0.2, 0.25) is 0 Å². The van der Waals surface area contributed by atoms with Crippen molar-refractivity contribution in [2.45, 2.75) is 52.5 Å². The molecule has 0 radical (unpaired) electrons. The molecule has 1 heterocycles. The molecule has 0 saturated carbocycles. The highest BCUT2D eigenvalue weighted by atomic mass is 15.2. The van der Waals surface area contributed by atoms with Gasteiger partial charge < -0.3 is 9.80 Å².